The lowest BCUT2D eigenvalue weighted by Gasteiger charge is -2.24. The molecule has 0 N–H and O–H groups in total. The van der Waals surface area contributed by atoms with Crippen LogP contribution in [0, 0.1) is 6.79 Å². The number of benzene rings is 1. The zero-order valence-corrected chi connectivity index (χ0v) is 5.28. The molecular formula is C8H6O2. The summed E-state index contributed by atoms with van der Waals surface area (Å²) in [5, 5.41) is 0. The molecule has 0 unspecified atom stereocenters. The molecule has 0 saturated carbocycles. The molecule has 1 aromatic carbocycles. The third kappa shape index (κ3) is 0.916. The lowest BCUT2D eigenvalue weighted by Crippen LogP contribution is -2.16. The molecule has 1 aliphatic rings. The molecule has 0 amide bonds. The van der Waals surface area contributed by atoms with E-state index in [-0.39, 0.29) is 6.29 Å². The van der Waals surface area contributed by atoms with E-state index in [1.165, 1.54) is 0 Å². The first-order valence-electron chi connectivity index (χ1n) is 3.08. The Bertz CT molecular complexity index is 204. The van der Waals surface area contributed by atoms with E-state index in [2.05, 4.69) is 6.79 Å². The zero-order chi connectivity index (χ0) is 6.81. The lowest BCUT2D eigenvalue weighted by molar-refractivity contribution is -0.267. The fourth-order valence-electron chi connectivity index (χ4n) is 0.842. The Balaban J connectivity index is 2.18. The fourth-order valence-corrected chi connectivity index (χ4v) is 0.842. The van der Waals surface area contributed by atoms with Gasteiger partial charge in [-0.3, -0.25) is 0 Å². The predicted molar refractivity (Wildman–Crippen MR) is 34.6 cm³/mol. The molecule has 10 heavy (non-hydrogen) atoms. The summed E-state index contributed by atoms with van der Waals surface area (Å²) in [4.78, 5) is 0. The van der Waals surface area contributed by atoms with Gasteiger partial charge < -0.3 is 9.47 Å². The van der Waals surface area contributed by atoms with Crippen LogP contribution in [0.3, 0.4) is 0 Å². The molecule has 1 aromatic rings. The van der Waals surface area contributed by atoms with Crippen molar-refractivity contribution in [1.82, 2.24) is 0 Å². The van der Waals surface area contributed by atoms with Gasteiger partial charge in [0.25, 0.3) is 6.79 Å². The van der Waals surface area contributed by atoms with Gasteiger partial charge in [-0.05, 0) is 0 Å². The van der Waals surface area contributed by atoms with Gasteiger partial charge in [-0.25, -0.2) is 0 Å². The van der Waals surface area contributed by atoms with Crippen LogP contribution in [0.15, 0.2) is 30.3 Å². The van der Waals surface area contributed by atoms with Crippen molar-refractivity contribution in [3.05, 3.63) is 42.7 Å². The minimum atomic E-state index is -0.221. The van der Waals surface area contributed by atoms with Crippen molar-refractivity contribution in [3.8, 4) is 0 Å². The van der Waals surface area contributed by atoms with E-state index in [0.29, 0.717) is 0 Å². The van der Waals surface area contributed by atoms with Crippen LogP contribution in [0.25, 0.3) is 0 Å². The van der Waals surface area contributed by atoms with Crippen molar-refractivity contribution in [2.24, 2.45) is 0 Å². The Kier molecular flexibility index (Phi) is 1.42. The summed E-state index contributed by atoms with van der Waals surface area (Å²) in [5.74, 6) is 0. The number of hydrogen-bond acceptors (Lipinski definition) is 2. The van der Waals surface area contributed by atoms with E-state index < -0.39 is 0 Å². The number of rotatable bonds is 1. The average Bonchev–Trinajstić information content (AvgIpc) is 1.86. The molecule has 1 aliphatic heterocycles. The highest BCUT2D eigenvalue weighted by Gasteiger charge is 2.22. The van der Waals surface area contributed by atoms with E-state index in [1.54, 1.807) is 0 Å². The van der Waals surface area contributed by atoms with Crippen LogP contribution in [0.1, 0.15) is 11.9 Å². The summed E-state index contributed by atoms with van der Waals surface area (Å²) in [5.41, 5.74) is 1.03. The van der Waals surface area contributed by atoms with Gasteiger partial charge in [-0.1, -0.05) is 30.3 Å². The molecule has 0 bridgehead atoms. The molecule has 2 nitrogen and oxygen atoms in total. The number of hydrogen-bond donors (Lipinski definition) is 0. The van der Waals surface area contributed by atoms with Crippen LogP contribution < -0.4 is 0 Å². The minimum Gasteiger partial charge on any atom is -0.306 e. The Hall–Kier alpha value is -0.860. The Morgan fingerprint density at radius 3 is 2.30 bits per heavy atom. The first-order valence-corrected chi connectivity index (χ1v) is 3.08. The normalized spacial score (nSPS) is 18.4. The van der Waals surface area contributed by atoms with Gasteiger partial charge in [0.1, 0.15) is 0 Å². The molecule has 0 aromatic heterocycles. The molecule has 2 rings (SSSR count). The quantitative estimate of drug-likeness (QED) is 0.582. The van der Waals surface area contributed by atoms with E-state index in [4.69, 9.17) is 9.47 Å². The molecule has 0 aliphatic carbocycles. The lowest BCUT2D eigenvalue weighted by atomic mass is 10.2. The van der Waals surface area contributed by atoms with E-state index >= 15 is 0 Å². The number of ether oxygens (including phenoxy) is 2. The standard InChI is InChI=1S/C8H6O2/c1-2-4-7(5-3-1)8-9-6-10-8/h1-5,8H. The second kappa shape index (κ2) is 2.40. The van der Waals surface area contributed by atoms with Crippen molar-refractivity contribution in [2.45, 2.75) is 6.29 Å². The third-order valence-electron chi connectivity index (χ3n) is 1.38. The summed E-state index contributed by atoms with van der Waals surface area (Å²) in [6.45, 7) is 2.26. The SMILES string of the molecule is [C]1OC(c2ccccc2)O1. The summed E-state index contributed by atoms with van der Waals surface area (Å²) < 4.78 is 9.69. The summed E-state index contributed by atoms with van der Waals surface area (Å²) >= 11 is 0. The molecule has 1 fully saturated rings. The third-order valence-corrected chi connectivity index (χ3v) is 1.38. The second-order valence-corrected chi connectivity index (χ2v) is 2.06. The van der Waals surface area contributed by atoms with E-state index in [9.17, 15) is 0 Å². The van der Waals surface area contributed by atoms with Gasteiger partial charge in [-0.15, -0.1) is 0 Å². The molecule has 1 saturated heterocycles. The summed E-state index contributed by atoms with van der Waals surface area (Å²) in [6.07, 6.45) is -0.221. The van der Waals surface area contributed by atoms with Gasteiger partial charge in [0.15, 0.2) is 6.29 Å². The molecule has 2 heteroatoms. The van der Waals surface area contributed by atoms with Gasteiger partial charge in [0.05, 0.1) is 0 Å². The first kappa shape index (κ1) is 5.89. The van der Waals surface area contributed by atoms with Crippen LogP contribution in [0.2, 0.25) is 0 Å². The predicted octanol–water partition coefficient (Wildman–Crippen LogP) is 1.73. The summed E-state index contributed by atoms with van der Waals surface area (Å²) in [7, 11) is 0. The maximum absolute atomic E-state index is 4.84. The minimum absolute atomic E-state index is 0.221. The fraction of sp³-hybridized carbons (Fsp3) is 0.125. The van der Waals surface area contributed by atoms with Gasteiger partial charge in [0.2, 0.25) is 0 Å². The molecule has 50 valence electrons. The highest BCUT2D eigenvalue weighted by Crippen LogP contribution is 2.28. The molecule has 1 heterocycles. The average molecular weight is 134 g/mol. The molecule has 2 radical (unpaired) electrons. The second-order valence-electron chi connectivity index (χ2n) is 2.06. The van der Waals surface area contributed by atoms with Gasteiger partial charge in [0, 0.05) is 5.56 Å². The van der Waals surface area contributed by atoms with Crippen LogP contribution >= 0.6 is 0 Å². The zero-order valence-electron chi connectivity index (χ0n) is 5.28. The molecular weight excluding hydrogens is 128 g/mol. The maximum atomic E-state index is 4.84. The van der Waals surface area contributed by atoms with Crippen molar-refractivity contribution >= 4 is 0 Å². The van der Waals surface area contributed by atoms with Crippen molar-refractivity contribution in [1.29, 1.82) is 0 Å². The highest BCUT2D eigenvalue weighted by atomic mass is 16.8. The maximum Gasteiger partial charge on any atom is 0.297 e. The van der Waals surface area contributed by atoms with Gasteiger partial charge in [-0.2, -0.15) is 0 Å². The van der Waals surface area contributed by atoms with Crippen molar-refractivity contribution in [3.63, 3.8) is 0 Å². The van der Waals surface area contributed by atoms with Crippen LogP contribution in [-0.4, -0.2) is 0 Å². The van der Waals surface area contributed by atoms with Crippen LogP contribution in [0.4, 0.5) is 0 Å². The smallest absolute Gasteiger partial charge is 0.297 e. The van der Waals surface area contributed by atoms with E-state index in [1.807, 2.05) is 30.3 Å². The molecule has 0 atom stereocenters. The van der Waals surface area contributed by atoms with Crippen molar-refractivity contribution in [2.75, 3.05) is 0 Å². The highest BCUT2D eigenvalue weighted by molar-refractivity contribution is 5.16. The monoisotopic (exact) mass is 134 g/mol. The van der Waals surface area contributed by atoms with Crippen LogP contribution in [-0.2, 0) is 9.47 Å². The Labute approximate surface area is 59.4 Å². The van der Waals surface area contributed by atoms with Crippen LogP contribution in [0.5, 0.6) is 0 Å². The molecule has 0 spiro atoms. The Morgan fingerprint density at radius 1 is 1.10 bits per heavy atom. The van der Waals surface area contributed by atoms with E-state index in [0.717, 1.165) is 5.56 Å². The largest absolute Gasteiger partial charge is 0.306 e. The first-order chi connectivity index (χ1) is 4.97. The van der Waals surface area contributed by atoms with Crippen molar-refractivity contribution < 1.29 is 9.47 Å². The summed E-state index contributed by atoms with van der Waals surface area (Å²) in [6, 6.07) is 9.74. The van der Waals surface area contributed by atoms with Gasteiger partial charge >= 0.3 is 0 Å². The Morgan fingerprint density at radius 2 is 1.80 bits per heavy atom. The topological polar surface area (TPSA) is 18.5 Å².